The first-order valence-corrected chi connectivity index (χ1v) is 10.0. The highest BCUT2D eigenvalue weighted by Gasteiger charge is 2.25. The van der Waals surface area contributed by atoms with Gasteiger partial charge in [-0.1, -0.05) is 38.3 Å². The molecule has 2 aromatic rings. The maximum absolute atomic E-state index is 13.0. The van der Waals surface area contributed by atoms with Crippen LogP contribution >= 0.6 is 0 Å². The van der Waals surface area contributed by atoms with E-state index in [0.29, 0.717) is 12.5 Å². The number of hydrogen-bond donors (Lipinski definition) is 1. The van der Waals surface area contributed by atoms with Crippen LogP contribution in [-0.4, -0.2) is 39.4 Å². The van der Waals surface area contributed by atoms with Crippen LogP contribution in [0.4, 0.5) is 0 Å². The molecule has 0 radical (unpaired) electrons. The van der Waals surface area contributed by atoms with Gasteiger partial charge in [-0.25, -0.2) is 4.98 Å². The van der Waals surface area contributed by atoms with Crippen LogP contribution in [0.5, 0.6) is 0 Å². The molecule has 1 atom stereocenters. The van der Waals surface area contributed by atoms with Crippen LogP contribution in [0.2, 0.25) is 0 Å². The van der Waals surface area contributed by atoms with E-state index in [1.807, 2.05) is 54.6 Å². The average molecular weight is 370 g/mol. The summed E-state index contributed by atoms with van der Waals surface area (Å²) in [5.74, 6) is 0.801. The zero-order chi connectivity index (χ0) is 19.4. The summed E-state index contributed by atoms with van der Waals surface area (Å²) in [6.07, 6.45) is 6.26. The first kappa shape index (κ1) is 19.4. The van der Waals surface area contributed by atoms with Crippen LogP contribution in [0.1, 0.15) is 64.2 Å². The van der Waals surface area contributed by atoms with Gasteiger partial charge in [0.05, 0.1) is 17.1 Å². The van der Waals surface area contributed by atoms with Crippen molar-refractivity contribution in [2.75, 3.05) is 7.05 Å². The minimum absolute atomic E-state index is 0.0215. The summed E-state index contributed by atoms with van der Waals surface area (Å²) < 4.78 is 1.96. The number of para-hydroxylation sites is 2. The first-order valence-electron chi connectivity index (χ1n) is 10.0. The zero-order valence-corrected chi connectivity index (χ0v) is 16.6. The zero-order valence-electron chi connectivity index (χ0n) is 16.6. The summed E-state index contributed by atoms with van der Waals surface area (Å²) in [6.45, 7) is 3.99. The van der Waals surface area contributed by atoms with Crippen LogP contribution in [0.3, 0.4) is 0 Å². The number of carbonyl (C=O) groups is 2. The number of likely N-dealkylation sites (N-methyl/N-ethyl adjacent to an activating group) is 1. The van der Waals surface area contributed by atoms with E-state index in [4.69, 9.17) is 4.98 Å². The van der Waals surface area contributed by atoms with Crippen molar-refractivity contribution in [1.29, 1.82) is 0 Å². The fourth-order valence-corrected chi connectivity index (χ4v) is 3.92. The number of benzene rings is 1. The number of amides is 2. The van der Waals surface area contributed by atoms with Crippen LogP contribution in [-0.2, 0) is 16.1 Å². The van der Waals surface area contributed by atoms with E-state index in [9.17, 15) is 9.59 Å². The standard InChI is InChI=1S/C21H30N4O2/c1-4-19(26)22-15(2)21-23-17-12-8-9-13-18(17)25(21)14-20(27)24(3)16-10-6-5-7-11-16/h8-9,12-13,15-16H,4-7,10-11,14H2,1-3H3,(H,22,26). The van der Waals surface area contributed by atoms with Crippen molar-refractivity contribution in [2.24, 2.45) is 0 Å². The molecule has 1 heterocycles. The lowest BCUT2D eigenvalue weighted by Gasteiger charge is -2.31. The fraction of sp³-hybridized carbons (Fsp3) is 0.571. The number of aromatic nitrogens is 2. The number of hydrogen-bond acceptors (Lipinski definition) is 3. The molecular weight excluding hydrogens is 340 g/mol. The monoisotopic (exact) mass is 370 g/mol. The molecule has 0 saturated heterocycles. The predicted molar refractivity (Wildman–Crippen MR) is 106 cm³/mol. The summed E-state index contributed by atoms with van der Waals surface area (Å²) in [6, 6.07) is 7.90. The SMILES string of the molecule is CCC(=O)NC(C)c1nc2ccccc2n1CC(=O)N(C)C1CCCCC1. The molecule has 1 fully saturated rings. The van der Waals surface area contributed by atoms with Gasteiger partial charge in [-0.3, -0.25) is 9.59 Å². The second-order valence-electron chi connectivity index (χ2n) is 7.48. The normalized spacial score (nSPS) is 16.3. The molecule has 1 saturated carbocycles. The van der Waals surface area contributed by atoms with Gasteiger partial charge in [0.25, 0.3) is 0 Å². The molecule has 1 unspecified atom stereocenters. The van der Waals surface area contributed by atoms with E-state index in [1.54, 1.807) is 0 Å². The maximum atomic E-state index is 13.0. The summed E-state index contributed by atoms with van der Waals surface area (Å²) in [5, 5.41) is 2.97. The van der Waals surface area contributed by atoms with Crippen molar-refractivity contribution >= 4 is 22.8 Å². The minimum Gasteiger partial charge on any atom is -0.346 e. The molecule has 1 aromatic carbocycles. The number of imidazole rings is 1. The van der Waals surface area contributed by atoms with Gasteiger partial charge in [-0.2, -0.15) is 0 Å². The summed E-state index contributed by atoms with van der Waals surface area (Å²) in [4.78, 5) is 31.4. The maximum Gasteiger partial charge on any atom is 0.242 e. The molecule has 146 valence electrons. The number of nitrogens with zero attached hydrogens (tertiary/aromatic N) is 3. The lowest BCUT2D eigenvalue weighted by molar-refractivity contribution is -0.133. The molecular formula is C21H30N4O2. The fourth-order valence-electron chi connectivity index (χ4n) is 3.92. The predicted octanol–water partition coefficient (Wildman–Crippen LogP) is 3.41. The molecule has 0 spiro atoms. The largest absolute Gasteiger partial charge is 0.346 e. The number of fused-ring (bicyclic) bond motifs is 1. The third kappa shape index (κ3) is 4.31. The second kappa shape index (κ2) is 8.55. The Balaban J connectivity index is 1.86. The van der Waals surface area contributed by atoms with Crippen LogP contribution in [0.25, 0.3) is 11.0 Å². The van der Waals surface area contributed by atoms with Gasteiger partial charge in [-0.05, 0) is 31.9 Å². The topological polar surface area (TPSA) is 67.2 Å². The van der Waals surface area contributed by atoms with Gasteiger partial charge in [0.1, 0.15) is 12.4 Å². The van der Waals surface area contributed by atoms with Crippen molar-refractivity contribution in [1.82, 2.24) is 19.8 Å². The van der Waals surface area contributed by atoms with Crippen molar-refractivity contribution in [3.63, 3.8) is 0 Å². The Bertz CT molecular complexity index is 808. The highest BCUT2D eigenvalue weighted by atomic mass is 16.2. The van der Waals surface area contributed by atoms with E-state index in [0.717, 1.165) is 29.7 Å². The van der Waals surface area contributed by atoms with Gasteiger partial charge in [0, 0.05) is 19.5 Å². The highest BCUT2D eigenvalue weighted by molar-refractivity contribution is 5.82. The van der Waals surface area contributed by atoms with Crippen molar-refractivity contribution in [3.05, 3.63) is 30.1 Å². The molecule has 0 bridgehead atoms. The Morgan fingerprint density at radius 1 is 1.26 bits per heavy atom. The summed E-state index contributed by atoms with van der Waals surface area (Å²) in [5.41, 5.74) is 1.77. The molecule has 6 nitrogen and oxygen atoms in total. The molecule has 1 aliphatic rings. The third-order valence-electron chi connectivity index (χ3n) is 5.58. The lowest BCUT2D eigenvalue weighted by atomic mass is 9.94. The van der Waals surface area contributed by atoms with E-state index in [1.165, 1.54) is 19.3 Å². The summed E-state index contributed by atoms with van der Waals surface area (Å²) in [7, 11) is 1.92. The Kier molecular flexibility index (Phi) is 6.14. The molecule has 27 heavy (non-hydrogen) atoms. The quantitative estimate of drug-likeness (QED) is 0.847. The van der Waals surface area contributed by atoms with Gasteiger partial charge >= 0.3 is 0 Å². The van der Waals surface area contributed by atoms with Gasteiger partial charge in [-0.15, -0.1) is 0 Å². The van der Waals surface area contributed by atoms with Gasteiger partial charge in [0.15, 0.2) is 0 Å². The van der Waals surface area contributed by atoms with Crippen molar-refractivity contribution < 1.29 is 9.59 Å². The average Bonchev–Trinajstić information content (AvgIpc) is 3.06. The van der Waals surface area contributed by atoms with E-state index < -0.39 is 0 Å². The van der Waals surface area contributed by atoms with E-state index in [-0.39, 0.29) is 24.4 Å². The van der Waals surface area contributed by atoms with Gasteiger partial charge in [0.2, 0.25) is 11.8 Å². The minimum atomic E-state index is -0.252. The van der Waals surface area contributed by atoms with Gasteiger partial charge < -0.3 is 14.8 Å². The molecule has 1 aromatic heterocycles. The Labute approximate surface area is 160 Å². The number of carbonyl (C=O) groups excluding carboxylic acids is 2. The number of rotatable bonds is 6. The second-order valence-corrected chi connectivity index (χ2v) is 7.48. The Morgan fingerprint density at radius 2 is 1.96 bits per heavy atom. The molecule has 1 aliphatic carbocycles. The first-order chi connectivity index (χ1) is 13.0. The highest BCUT2D eigenvalue weighted by Crippen LogP contribution is 2.24. The van der Waals surface area contributed by atoms with Crippen molar-refractivity contribution in [2.45, 2.75) is 71.0 Å². The molecule has 1 N–H and O–H groups in total. The lowest BCUT2D eigenvalue weighted by Crippen LogP contribution is -2.40. The van der Waals surface area contributed by atoms with Crippen LogP contribution in [0.15, 0.2) is 24.3 Å². The molecule has 6 heteroatoms. The Morgan fingerprint density at radius 3 is 2.67 bits per heavy atom. The Hall–Kier alpha value is -2.37. The van der Waals surface area contributed by atoms with Crippen molar-refractivity contribution in [3.8, 4) is 0 Å². The van der Waals surface area contributed by atoms with Crippen LogP contribution in [0, 0.1) is 0 Å². The molecule has 2 amide bonds. The van der Waals surface area contributed by atoms with Crippen LogP contribution < -0.4 is 5.32 Å². The smallest absolute Gasteiger partial charge is 0.242 e. The van der Waals surface area contributed by atoms with E-state index >= 15 is 0 Å². The van der Waals surface area contributed by atoms with E-state index in [2.05, 4.69) is 5.32 Å². The molecule has 3 rings (SSSR count). The number of nitrogens with one attached hydrogen (secondary N) is 1. The summed E-state index contributed by atoms with van der Waals surface area (Å²) >= 11 is 0. The third-order valence-corrected chi connectivity index (χ3v) is 5.58. The molecule has 0 aliphatic heterocycles.